The molecule has 1 aromatic heterocycles. The van der Waals surface area contributed by atoms with Gasteiger partial charge in [0.15, 0.2) is 0 Å². The number of hydrogen-bond donors (Lipinski definition) is 2. The number of rotatable bonds is 4. The van der Waals surface area contributed by atoms with Crippen molar-refractivity contribution in [3.8, 4) is 11.8 Å². The monoisotopic (exact) mass is 307 g/mol. The smallest absolute Gasteiger partial charge is 0.277 e. The van der Waals surface area contributed by atoms with Crippen molar-refractivity contribution in [1.29, 1.82) is 0 Å². The number of anilines is 1. The Morgan fingerprint density at radius 1 is 1.33 bits per heavy atom. The zero-order chi connectivity index (χ0) is 15.3. The fraction of sp³-hybridized carbons (Fsp3) is 0.250. The predicted octanol–water partition coefficient (Wildman–Crippen LogP) is -0.255. The number of nitrogens with one attached hydrogen (secondary N) is 1. The average molecular weight is 307 g/mol. The Kier molecular flexibility index (Phi) is 4.52. The molecule has 0 atom stereocenters. The van der Waals surface area contributed by atoms with E-state index in [4.69, 9.17) is 5.11 Å². The second kappa shape index (κ2) is 6.34. The van der Waals surface area contributed by atoms with Crippen LogP contribution in [0.25, 0.3) is 0 Å². The summed E-state index contributed by atoms with van der Waals surface area (Å²) in [5.41, 5.74) is 0.667. The van der Waals surface area contributed by atoms with Gasteiger partial charge in [-0.15, -0.1) is 5.10 Å². The highest BCUT2D eigenvalue weighted by Gasteiger charge is 2.16. The van der Waals surface area contributed by atoms with Crippen LogP contribution in [0.1, 0.15) is 12.0 Å². The summed E-state index contributed by atoms with van der Waals surface area (Å²) in [7, 11) is -2.23. The lowest BCUT2D eigenvalue weighted by atomic mass is 10.2. The van der Waals surface area contributed by atoms with E-state index in [0.29, 0.717) is 12.0 Å². The lowest BCUT2D eigenvalue weighted by Gasteiger charge is -2.03. The fourth-order valence-electron chi connectivity index (χ4n) is 1.44. The van der Waals surface area contributed by atoms with Crippen LogP contribution in [-0.4, -0.2) is 40.3 Å². The van der Waals surface area contributed by atoms with E-state index in [9.17, 15) is 8.42 Å². The molecule has 0 aliphatic heterocycles. The van der Waals surface area contributed by atoms with Gasteiger partial charge in [-0.2, -0.15) is 4.80 Å². The third-order valence-electron chi connectivity index (χ3n) is 2.37. The molecule has 0 bridgehead atoms. The maximum absolute atomic E-state index is 12.1. The average Bonchev–Trinajstić information content (AvgIpc) is 2.84. The molecule has 21 heavy (non-hydrogen) atoms. The number of nitrogens with zero attached hydrogens (tertiary/aromatic N) is 4. The first-order chi connectivity index (χ1) is 10.0. The van der Waals surface area contributed by atoms with Crippen LogP contribution in [0.2, 0.25) is 0 Å². The summed E-state index contributed by atoms with van der Waals surface area (Å²) in [5, 5.41) is 19.5. The Bertz CT molecular complexity index is 771. The third kappa shape index (κ3) is 4.01. The highest BCUT2D eigenvalue weighted by atomic mass is 32.2. The molecule has 2 rings (SSSR count). The highest BCUT2D eigenvalue weighted by Crippen LogP contribution is 2.13. The van der Waals surface area contributed by atoms with E-state index in [-0.39, 0.29) is 17.5 Å². The van der Waals surface area contributed by atoms with Gasteiger partial charge < -0.3 is 5.11 Å². The Morgan fingerprint density at radius 2 is 2.05 bits per heavy atom. The van der Waals surface area contributed by atoms with Crippen LogP contribution >= 0.6 is 0 Å². The summed E-state index contributed by atoms with van der Waals surface area (Å²) < 4.78 is 26.4. The van der Waals surface area contributed by atoms with Gasteiger partial charge in [-0.25, -0.2) is 13.1 Å². The minimum atomic E-state index is -3.76. The van der Waals surface area contributed by atoms with E-state index in [1.807, 2.05) is 0 Å². The zero-order valence-corrected chi connectivity index (χ0v) is 12.0. The molecule has 0 aliphatic rings. The lowest BCUT2D eigenvalue weighted by molar-refractivity contribution is 0.305. The molecular formula is C12H13N5O3S. The Morgan fingerprint density at radius 3 is 2.62 bits per heavy atom. The highest BCUT2D eigenvalue weighted by molar-refractivity contribution is 7.92. The topological polar surface area (TPSA) is 110 Å². The number of hydrogen-bond acceptors (Lipinski definition) is 6. The molecule has 0 saturated heterocycles. The van der Waals surface area contributed by atoms with Gasteiger partial charge in [0.05, 0.1) is 18.6 Å². The molecule has 8 nitrogen and oxygen atoms in total. The molecule has 110 valence electrons. The molecule has 0 radical (unpaired) electrons. The quantitative estimate of drug-likeness (QED) is 0.753. The van der Waals surface area contributed by atoms with E-state index >= 15 is 0 Å². The first-order valence-corrected chi connectivity index (χ1v) is 7.46. The summed E-state index contributed by atoms with van der Waals surface area (Å²) in [5.74, 6) is 5.48. The molecule has 2 aromatic rings. The Hall–Kier alpha value is -2.44. The summed E-state index contributed by atoms with van der Waals surface area (Å²) in [6, 6.07) is 6.04. The molecule has 1 heterocycles. The van der Waals surface area contributed by atoms with Gasteiger partial charge in [0.25, 0.3) is 16.0 Å². The largest absolute Gasteiger partial charge is 0.395 e. The standard InChI is InChI=1S/C12H13N5O3S/c1-17-14-12(13-16-17)15-21(19,20)11-7-5-10(6-8-11)4-2-3-9-18/h5-8,18H,3,9H2,1H3,(H,14,15). The maximum Gasteiger partial charge on any atom is 0.277 e. The maximum atomic E-state index is 12.1. The molecule has 0 amide bonds. The van der Waals surface area contributed by atoms with Gasteiger partial charge in [-0.05, 0) is 29.5 Å². The van der Waals surface area contributed by atoms with E-state index < -0.39 is 10.0 Å². The molecule has 2 N–H and O–H groups in total. The van der Waals surface area contributed by atoms with Crippen molar-refractivity contribution < 1.29 is 13.5 Å². The van der Waals surface area contributed by atoms with Crippen LogP contribution in [-0.2, 0) is 17.1 Å². The first-order valence-electron chi connectivity index (χ1n) is 5.98. The molecule has 1 aromatic carbocycles. The lowest BCUT2D eigenvalue weighted by Crippen LogP contribution is -2.14. The van der Waals surface area contributed by atoms with Gasteiger partial charge in [0.1, 0.15) is 0 Å². The summed E-state index contributed by atoms with van der Waals surface area (Å²) in [6.45, 7) is -0.00546. The van der Waals surface area contributed by atoms with E-state index in [2.05, 4.69) is 32.0 Å². The second-order valence-corrected chi connectivity index (χ2v) is 5.69. The zero-order valence-electron chi connectivity index (χ0n) is 11.2. The first kappa shape index (κ1) is 15.0. The summed E-state index contributed by atoms with van der Waals surface area (Å²) >= 11 is 0. The summed E-state index contributed by atoms with van der Waals surface area (Å²) in [4.78, 5) is 1.22. The van der Waals surface area contributed by atoms with Crippen molar-refractivity contribution in [3.63, 3.8) is 0 Å². The van der Waals surface area contributed by atoms with Crippen molar-refractivity contribution >= 4 is 16.0 Å². The van der Waals surface area contributed by atoms with Crippen LogP contribution in [0.4, 0.5) is 5.95 Å². The van der Waals surface area contributed by atoms with E-state index in [1.165, 1.54) is 19.2 Å². The van der Waals surface area contributed by atoms with E-state index in [0.717, 1.165) is 4.80 Å². The molecule has 0 saturated carbocycles. The van der Waals surface area contributed by atoms with Crippen molar-refractivity contribution in [3.05, 3.63) is 29.8 Å². The minimum absolute atomic E-state index is 0.00546. The fourth-order valence-corrected chi connectivity index (χ4v) is 2.38. The number of sulfonamides is 1. The van der Waals surface area contributed by atoms with Gasteiger partial charge in [0, 0.05) is 12.0 Å². The Labute approximate surface area is 121 Å². The van der Waals surface area contributed by atoms with Gasteiger partial charge in [-0.1, -0.05) is 16.9 Å². The van der Waals surface area contributed by atoms with Crippen LogP contribution in [0, 0.1) is 11.8 Å². The van der Waals surface area contributed by atoms with Crippen molar-refractivity contribution in [1.82, 2.24) is 20.2 Å². The van der Waals surface area contributed by atoms with Crippen LogP contribution in [0.15, 0.2) is 29.2 Å². The summed E-state index contributed by atoms with van der Waals surface area (Å²) in [6.07, 6.45) is 0.375. The molecule has 0 fully saturated rings. The van der Waals surface area contributed by atoms with Gasteiger partial charge in [0.2, 0.25) is 0 Å². The van der Waals surface area contributed by atoms with E-state index in [1.54, 1.807) is 12.1 Å². The molecule has 0 aliphatic carbocycles. The van der Waals surface area contributed by atoms with Crippen LogP contribution in [0.5, 0.6) is 0 Å². The number of benzene rings is 1. The Balaban J connectivity index is 2.15. The van der Waals surface area contributed by atoms with Crippen LogP contribution in [0.3, 0.4) is 0 Å². The van der Waals surface area contributed by atoms with Crippen molar-refractivity contribution in [2.24, 2.45) is 7.05 Å². The van der Waals surface area contributed by atoms with Gasteiger partial charge in [-0.3, -0.25) is 0 Å². The second-order valence-electron chi connectivity index (χ2n) is 4.01. The third-order valence-corrected chi connectivity index (χ3v) is 3.71. The number of aryl methyl sites for hydroxylation is 1. The number of tetrazole rings is 1. The number of aliphatic hydroxyl groups is 1. The van der Waals surface area contributed by atoms with Crippen molar-refractivity contribution in [2.75, 3.05) is 11.3 Å². The normalized spacial score (nSPS) is 10.8. The number of aliphatic hydroxyl groups excluding tert-OH is 1. The molecule has 0 unspecified atom stereocenters. The molecular weight excluding hydrogens is 294 g/mol. The van der Waals surface area contributed by atoms with Crippen LogP contribution < -0.4 is 4.72 Å². The predicted molar refractivity (Wildman–Crippen MR) is 74.6 cm³/mol. The minimum Gasteiger partial charge on any atom is -0.395 e. The molecule has 0 spiro atoms. The SMILES string of the molecule is Cn1nnc(NS(=O)(=O)c2ccc(C#CCCO)cc2)n1. The van der Waals surface area contributed by atoms with Gasteiger partial charge >= 0.3 is 0 Å². The molecule has 9 heteroatoms. The van der Waals surface area contributed by atoms with Crippen molar-refractivity contribution in [2.45, 2.75) is 11.3 Å². The number of aromatic nitrogens is 4.